The Bertz CT molecular complexity index is 823. The molecule has 0 amide bonds. The maximum atomic E-state index is 10.6. The fourth-order valence-corrected chi connectivity index (χ4v) is 3.63. The highest BCUT2D eigenvalue weighted by Gasteiger charge is 2.34. The maximum absolute atomic E-state index is 10.6. The molecule has 0 spiro atoms. The summed E-state index contributed by atoms with van der Waals surface area (Å²) in [4.78, 5) is 14.8. The van der Waals surface area contributed by atoms with Gasteiger partial charge < -0.3 is 19.3 Å². The smallest absolute Gasteiger partial charge is 0.303 e. The number of hydrogen-bond donors (Lipinski definition) is 1. The lowest BCUT2D eigenvalue weighted by Crippen LogP contribution is -2.36. The number of para-hydroxylation sites is 1. The van der Waals surface area contributed by atoms with Crippen molar-refractivity contribution in [1.29, 1.82) is 0 Å². The van der Waals surface area contributed by atoms with Gasteiger partial charge in [0.15, 0.2) is 6.29 Å². The molecule has 1 aliphatic heterocycles. The largest absolute Gasteiger partial charge is 0.496 e. The number of unbranched alkanes of at least 4 members (excludes halogenated alkanes) is 1. The van der Waals surface area contributed by atoms with Crippen LogP contribution in [0.15, 0.2) is 60.9 Å². The third-order valence-electron chi connectivity index (χ3n) is 5.16. The zero-order chi connectivity index (χ0) is 21.2. The molecule has 3 unspecified atom stereocenters. The Hall–Kier alpha value is -2.70. The van der Waals surface area contributed by atoms with Crippen LogP contribution in [-0.2, 0) is 20.7 Å². The molecular formula is C24H29NO5. The van der Waals surface area contributed by atoms with E-state index in [0.717, 1.165) is 29.7 Å². The molecule has 160 valence electrons. The molecule has 1 aliphatic rings. The number of ether oxygens (including phenoxy) is 3. The van der Waals surface area contributed by atoms with Crippen LogP contribution in [0.1, 0.15) is 42.9 Å². The van der Waals surface area contributed by atoms with Gasteiger partial charge in [-0.1, -0.05) is 36.4 Å². The van der Waals surface area contributed by atoms with E-state index in [1.807, 2.05) is 48.7 Å². The second kappa shape index (κ2) is 11.5. The van der Waals surface area contributed by atoms with E-state index in [4.69, 9.17) is 19.3 Å². The monoisotopic (exact) mass is 411 g/mol. The van der Waals surface area contributed by atoms with E-state index in [-0.39, 0.29) is 24.7 Å². The van der Waals surface area contributed by atoms with Crippen LogP contribution in [0.2, 0.25) is 0 Å². The summed E-state index contributed by atoms with van der Waals surface area (Å²) >= 11 is 0. The van der Waals surface area contributed by atoms with Gasteiger partial charge in [-0.05, 0) is 37.0 Å². The first kappa shape index (κ1) is 22.0. The molecule has 0 saturated carbocycles. The van der Waals surface area contributed by atoms with Crippen LogP contribution in [0.25, 0.3) is 0 Å². The van der Waals surface area contributed by atoms with E-state index in [9.17, 15) is 4.79 Å². The summed E-state index contributed by atoms with van der Waals surface area (Å²) in [5.41, 5.74) is 2.09. The van der Waals surface area contributed by atoms with Crippen molar-refractivity contribution in [3.8, 4) is 5.75 Å². The Balaban J connectivity index is 1.68. The highest BCUT2D eigenvalue weighted by Crippen LogP contribution is 2.39. The molecule has 1 saturated heterocycles. The van der Waals surface area contributed by atoms with Crippen molar-refractivity contribution in [3.63, 3.8) is 0 Å². The van der Waals surface area contributed by atoms with Gasteiger partial charge >= 0.3 is 5.97 Å². The van der Waals surface area contributed by atoms with E-state index >= 15 is 0 Å². The molecule has 1 aromatic carbocycles. The number of allylic oxidation sites excluding steroid dienone is 2. The lowest BCUT2D eigenvalue weighted by atomic mass is 9.91. The van der Waals surface area contributed by atoms with Crippen molar-refractivity contribution >= 4 is 5.97 Å². The van der Waals surface area contributed by atoms with Gasteiger partial charge in [0.25, 0.3) is 0 Å². The third kappa shape index (κ3) is 6.40. The van der Waals surface area contributed by atoms with Crippen LogP contribution in [0.3, 0.4) is 0 Å². The number of benzene rings is 1. The molecule has 1 aromatic heterocycles. The Morgan fingerprint density at radius 2 is 2.13 bits per heavy atom. The average Bonchev–Trinajstić information content (AvgIpc) is 2.77. The Kier molecular flexibility index (Phi) is 8.41. The van der Waals surface area contributed by atoms with E-state index < -0.39 is 5.97 Å². The van der Waals surface area contributed by atoms with Gasteiger partial charge in [-0.2, -0.15) is 0 Å². The normalized spacial score (nSPS) is 21.6. The second-order valence-corrected chi connectivity index (χ2v) is 7.38. The minimum Gasteiger partial charge on any atom is -0.496 e. The molecular weight excluding hydrogens is 382 g/mol. The summed E-state index contributed by atoms with van der Waals surface area (Å²) in [6, 6.07) is 11.9. The molecule has 1 fully saturated rings. The van der Waals surface area contributed by atoms with Gasteiger partial charge in [0.05, 0.1) is 19.8 Å². The van der Waals surface area contributed by atoms with Gasteiger partial charge in [0.2, 0.25) is 0 Å². The van der Waals surface area contributed by atoms with Crippen LogP contribution in [0.5, 0.6) is 5.75 Å². The second-order valence-electron chi connectivity index (χ2n) is 7.38. The summed E-state index contributed by atoms with van der Waals surface area (Å²) in [5.74, 6) is 0.190. The minimum absolute atomic E-state index is 0.141. The van der Waals surface area contributed by atoms with E-state index in [2.05, 4.69) is 11.1 Å². The van der Waals surface area contributed by atoms with Crippen molar-refractivity contribution in [1.82, 2.24) is 4.98 Å². The van der Waals surface area contributed by atoms with Crippen molar-refractivity contribution < 1.29 is 24.1 Å². The quantitative estimate of drug-likeness (QED) is 0.456. The van der Waals surface area contributed by atoms with E-state index in [0.29, 0.717) is 19.4 Å². The number of hydrogen-bond acceptors (Lipinski definition) is 5. The summed E-state index contributed by atoms with van der Waals surface area (Å²) in [6.45, 7) is 0.576. The minimum atomic E-state index is -0.756. The molecule has 0 radical (unpaired) electrons. The van der Waals surface area contributed by atoms with Gasteiger partial charge in [-0.3, -0.25) is 9.78 Å². The maximum Gasteiger partial charge on any atom is 0.303 e. The number of carbonyl (C=O) groups is 1. The zero-order valence-electron chi connectivity index (χ0n) is 17.3. The lowest BCUT2D eigenvalue weighted by molar-refractivity contribution is -0.238. The standard InChI is InChI=1S/C24H29NO5/c1-28-21-12-7-6-11-20(21)24-19(10-4-2-3-5-13-22(26)27)17-29-23(30-24)15-18-9-8-14-25-16-18/h2,4,6-9,11-12,14,16,19,23-24H,3,5,10,13,15,17H2,1H3,(H,26,27)/b4-2-. The molecule has 3 rings (SSSR count). The highest BCUT2D eigenvalue weighted by molar-refractivity contribution is 5.66. The van der Waals surface area contributed by atoms with Crippen molar-refractivity contribution in [2.45, 2.75) is 44.5 Å². The summed E-state index contributed by atoms with van der Waals surface area (Å²) in [7, 11) is 1.67. The number of nitrogens with zero attached hydrogens (tertiary/aromatic N) is 1. The summed E-state index contributed by atoms with van der Waals surface area (Å²) in [6.07, 6.45) is 10.2. The summed E-state index contributed by atoms with van der Waals surface area (Å²) in [5, 5.41) is 8.74. The molecule has 3 atom stereocenters. The fourth-order valence-electron chi connectivity index (χ4n) is 3.63. The number of pyridine rings is 1. The first-order chi connectivity index (χ1) is 14.7. The molecule has 2 heterocycles. The summed E-state index contributed by atoms with van der Waals surface area (Å²) < 4.78 is 18.0. The van der Waals surface area contributed by atoms with Crippen LogP contribution < -0.4 is 4.74 Å². The molecule has 0 aliphatic carbocycles. The SMILES string of the molecule is COc1ccccc1C1OC(Cc2cccnc2)OCC1C/C=C\CCCC(=O)O. The number of aromatic nitrogens is 1. The number of rotatable bonds is 10. The first-order valence-electron chi connectivity index (χ1n) is 10.3. The van der Waals surface area contributed by atoms with Crippen LogP contribution >= 0.6 is 0 Å². The van der Waals surface area contributed by atoms with Crippen molar-refractivity contribution in [2.24, 2.45) is 5.92 Å². The highest BCUT2D eigenvalue weighted by atomic mass is 16.7. The van der Waals surface area contributed by atoms with Gasteiger partial charge in [0, 0.05) is 36.7 Å². The first-order valence-corrected chi connectivity index (χ1v) is 10.3. The Morgan fingerprint density at radius 1 is 1.27 bits per heavy atom. The van der Waals surface area contributed by atoms with Crippen molar-refractivity contribution in [3.05, 3.63) is 72.1 Å². The zero-order valence-corrected chi connectivity index (χ0v) is 17.3. The molecule has 30 heavy (non-hydrogen) atoms. The van der Waals surface area contributed by atoms with Crippen LogP contribution in [0.4, 0.5) is 0 Å². The fraction of sp³-hybridized carbons (Fsp3) is 0.417. The molecule has 6 heteroatoms. The lowest BCUT2D eigenvalue weighted by Gasteiger charge is -2.37. The Labute approximate surface area is 177 Å². The van der Waals surface area contributed by atoms with Gasteiger partial charge in [-0.25, -0.2) is 0 Å². The molecule has 0 bridgehead atoms. The van der Waals surface area contributed by atoms with Gasteiger partial charge in [-0.15, -0.1) is 0 Å². The number of aliphatic carboxylic acids is 1. The molecule has 1 N–H and O–H groups in total. The molecule has 2 aromatic rings. The Morgan fingerprint density at radius 3 is 2.90 bits per heavy atom. The van der Waals surface area contributed by atoms with Crippen LogP contribution in [0, 0.1) is 5.92 Å². The van der Waals surface area contributed by atoms with E-state index in [1.165, 1.54) is 0 Å². The predicted molar refractivity (Wildman–Crippen MR) is 113 cm³/mol. The topological polar surface area (TPSA) is 77.9 Å². The van der Waals surface area contributed by atoms with E-state index in [1.54, 1.807) is 13.3 Å². The van der Waals surface area contributed by atoms with Crippen LogP contribution in [-0.4, -0.2) is 36.1 Å². The average molecular weight is 411 g/mol. The third-order valence-corrected chi connectivity index (χ3v) is 5.16. The van der Waals surface area contributed by atoms with Gasteiger partial charge in [0.1, 0.15) is 5.75 Å². The number of carboxylic acid groups (broad SMARTS) is 1. The predicted octanol–water partition coefficient (Wildman–Crippen LogP) is 4.56. The van der Waals surface area contributed by atoms with Crippen molar-refractivity contribution in [2.75, 3.05) is 13.7 Å². The number of carboxylic acids is 1. The molecule has 6 nitrogen and oxygen atoms in total. The number of methoxy groups -OCH3 is 1.